The fourth-order valence-electron chi connectivity index (χ4n) is 2.98. The maximum Gasteiger partial charge on any atom is 0.277 e. The van der Waals surface area contributed by atoms with Crippen molar-refractivity contribution >= 4 is 33.2 Å². The first-order valence-corrected chi connectivity index (χ1v) is 10.4. The molecule has 2 aromatic carbocycles. The topological polar surface area (TPSA) is 87.7 Å². The number of aromatic nitrogens is 3. The smallest absolute Gasteiger partial charge is 0.277 e. The molecule has 6 nitrogen and oxygen atoms in total. The average Bonchev–Trinajstić information content (AvgIpc) is 3.18. The first kappa shape index (κ1) is 19.2. The van der Waals surface area contributed by atoms with Gasteiger partial charge in [-0.1, -0.05) is 60.7 Å². The average molecular weight is 467 g/mol. The van der Waals surface area contributed by atoms with Gasteiger partial charge in [-0.25, -0.2) is 10.1 Å². The van der Waals surface area contributed by atoms with Crippen LogP contribution in [0.5, 0.6) is 0 Å². The maximum absolute atomic E-state index is 13.0. The Kier molecular flexibility index (Phi) is 5.64. The molecule has 0 fully saturated rings. The number of hydrogen-bond acceptors (Lipinski definition) is 5. The number of rotatable bonds is 5. The van der Waals surface area contributed by atoms with Crippen molar-refractivity contribution in [2.24, 2.45) is 0 Å². The van der Waals surface area contributed by atoms with E-state index in [4.69, 9.17) is 0 Å². The van der Waals surface area contributed by atoms with Crippen LogP contribution >= 0.6 is 27.3 Å². The van der Waals surface area contributed by atoms with Crippen molar-refractivity contribution in [2.75, 3.05) is 0 Å². The van der Waals surface area contributed by atoms with E-state index in [2.05, 4.69) is 36.4 Å². The molecule has 0 bridgehead atoms. The maximum atomic E-state index is 13.0. The van der Waals surface area contributed by atoms with Crippen LogP contribution in [0.2, 0.25) is 0 Å². The van der Waals surface area contributed by atoms with Gasteiger partial charge in [-0.3, -0.25) is 9.59 Å². The lowest BCUT2D eigenvalue weighted by molar-refractivity contribution is 0.0949. The first-order chi connectivity index (χ1) is 14.1. The Morgan fingerprint density at radius 3 is 2.31 bits per heavy atom. The van der Waals surface area contributed by atoms with Crippen molar-refractivity contribution < 1.29 is 4.79 Å². The highest BCUT2D eigenvalue weighted by Crippen LogP contribution is 2.31. The van der Waals surface area contributed by atoms with E-state index >= 15 is 0 Å². The van der Waals surface area contributed by atoms with Crippen LogP contribution in [0.1, 0.15) is 16.1 Å². The highest BCUT2D eigenvalue weighted by atomic mass is 79.9. The van der Waals surface area contributed by atoms with E-state index in [1.54, 1.807) is 0 Å². The van der Waals surface area contributed by atoms with Crippen molar-refractivity contribution in [1.29, 1.82) is 0 Å². The molecule has 0 aliphatic carbocycles. The Hall–Kier alpha value is -3.10. The quantitative estimate of drug-likeness (QED) is 0.460. The van der Waals surface area contributed by atoms with Crippen molar-refractivity contribution in [2.45, 2.75) is 6.54 Å². The number of nitrogens with zero attached hydrogens (tertiary/aromatic N) is 2. The fraction of sp³-hybridized carbons (Fsp3) is 0.0476. The van der Waals surface area contributed by atoms with Gasteiger partial charge in [0.1, 0.15) is 5.56 Å². The number of benzene rings is 2. The SMILES string of the molecule is O=C(NCc1csc(Br)n1)c1c(-c2ccccc2)c(-c2ccccc2)n[nH]c1=O. The number of H-pyrrole nitrogens is 1. The van der Waals surface area contributed by atoms with Gasteiger partial charge in [-0.05, 0) is 21.5 Å². The molecule has 0 aliphatic rings. The summed E-state index contributed by atoms with van der Waals surface area (Å²) in [5, 5.41) is 11.4. The monoisotopic (exact) mass is 466 g/mol. The molecule has 0 unspecified atom stereocenters. The van der Waals surface area contributed by atoms with Gasteiger partial charge in [0.25, 0.3) is 11.5 Å². The molecule has 0 atom stereocenters. The second kappa shape index (κ2) is 8.50. The summed E-state index contributed by atoms with van der Waals surface area (Å²) in [5.74, 6) is -0.478. The van der Waals surface area contributed by atoms with E-state index in [1.807, 2.05) is 66.0 Å². The predicted octanol–water partition coefficient (Wildman–Crippen LogP) is 4.25. The second-order valence-electron chi connectivity index (χ2n) is 6.16. The Balaban J connectivity index is 1.82. The molecule has 144 valence electrons. The van der Waals surface area contributed by atoms with Crippen molar-refractivity contribution in [3.05, 3.63) is 91.6 Å². The fourth-order valence-corrected chi connectivity index (χ4v) is 4.03. The molecule has 29 heavy (non-hydrogen) atoms. The first-order valence-electron chi connectivity index (χ1n) is 8.75. The van der Waals surface area contributed by atoms with Crippen LogP contribution in [0.25, 0.3) is 22.4 Å². The molecule has 0 saturated heterocycles. The minimum Gasteiger partial charge on any atom is -0.346 e. The van der Waals surface area contributed by atoms with Crippen molar-refractivity contribution in [1.82, 2.24) is 20.5 Å². The molecule has 2 N–H and O–H groups in total. The summed E-state index contributed by atoms with van der Waals surface area (Å²) in [6.45, 7) is 0.220. The molecule has 0 saturated carbocycles. The van der Waals surface area contributed by atoms with Gasteiger partial charge in [0.15, 0.2) is 3.92 Å². The zero-order chi connectivity index (χ0) is 20.2. The van der Waals surface area contributed by atoms with E-state index in [0.717, 1.165) is 15.0 Å². The van der Waals surface area contributed by atoms with Crippen molar-refractivity contribution in [3.8, 4) is 22.4 Å². The van der Waals surface area contributed by atoms with Gasteiger partial charge >= 0.3 is 0 Å². The number of hydrogen-bond donors (Lipinski definition) is 2. The van der Waals surface area contributed by atoms with Crippen molar-refractivity contribution in [3.63, 3.8) is 0 Å². The van der Waals surface area contributed by atoms with Crippen LogP contribution in [-0.4, -0.2) is 21.1 Å². The molecular formula is C21H15BrN4O2S. The predicted molar refractivity (Wildman–Crippen MR) is 117 cm³/mol. The lowest BCUT2D eigenvalue weighted by atomic mass is 9.95. The van der Waals surface area contributed by atoms with Crippen LogP contribution in [0.4, 0.5) is 0 Å². The van der Waals surface area contributed by atoms with E-state index in [0.29, 0.717) is 17.0 Å². The highest BCUT2D eigenvalue weighted by molar-refractivity contribution is 9.11. The molecule has 2 aromatic heterocycles. The molecule has 4 rings (SSSR count). The summed E-state index contributed by atoms with van der Waals surface area (Å²) >= 11 is 4.74. The Morgan fingerprint density at radius 2 is 1.69 bits per heavy atom. The minimum absolute atomic E-state index is 0.0272. The lowest BCUT2D eigenvalue weighted by Gasteiger charge is -2.13. The zero-order valence-electron chi connectivity index (χ0n) is 15.1. The Bertz CT molecular complexity index is 1210. The van der Waals surface area contributed by atoms with Crippen LogP contribution in [0, 0.1) is 0 Å². The minimum atomic E-state index is -0.541. The third-order valence-corrected chi connectivity index (χ3v) is 5.69. The van der Waals surface area contributed by atoms with E-state index < -0.39 is 11.5 Å². The molecule has 0 aliphatic heterocycles. The number of halogens is 1. The van der Waals surface area contributed by atoms with E-state index in [-0.39, 0.29) is 12.1 Å². The number of thiazole rings is 1. The number of amides is 1. The van der Waals surface area contributed by atoms with Gasteiger partial charge in [0.2, 0.25) is 0 Å². The molecule has 4 aromatic rings. The van der Waals surface area contributed by atoms with Gasteiger partial charge in [0.05, 0.1) is 17.9 Å². The standard InChI is InChI=1S/C21H15BrN4O2S/c22-21-24-15(12-29-21)11-23-19(27)17-16(13-7-3-1-4-8-13)18(25-26-20(17)28)14-9-5-2-6-10-14/h1-10,12H,11H2,(H,23,27)(H,26,28). The Labute approximate surface area is 178 Å². The largest absolute Gasteiger partial charge is 0.346 e. The van der Waals surface area contributed by atoms with Crippen LogP contribution < -0.4 is 10.9 Å². The summed E-state index contributed by atoms with van der Waals surface area (Å²) in [4.78, 5) is 29.9. The van der Waals surface area contributed by atoms with E-state index in [1.165, 1.54) is 11.3 Å². The van der Waals surface area contributed by atoms with E-state index in [9.17, 15) is 9.59 Å². The molecule has 2 heterocycles. The van der Waals surface area contributed by atoms with Crippen LogP contribution in [0.15, 0.2) is 74.8 Å². The van der Waals surface area contributed by atoms with Crippen LogP contribution in [0.3, 0.4) is 0 Å². The molecule has 0 spiro atoms. The number of aromatic amines is 1. The van der Waals surface area contributed by atoms with Gasteiger partial charge in [0, 0.05) is 16.5 Å². The highest BCUT2D eigenvalue weighted by Gasteiger charge is 2.23. The zero-order valence-corrected chi connectivity index (χ0v) is 17.5. The molecule has 8 heteroatoms. The summed E-state index contributed by atoms with van der Waals surface area (Å²) in [5.41, 5.74) is 2.78. The molecular weight excluding hydrogens is 452 g/mol. The van der Waals surface area contributed by atoms with Crippen LogP contribution in [-0.2, 0) is 6.54 Å². The number of carbonyl (C=O) groups excluding carboxylic acids is 1. The summed E-state index contributed by atoms with van der Waals surface area (Å²) in [6, 6.07) is 18.8. The normalized spacial score (nSPS) is 10.7. The second-order valence-corrected chi connectivity index (χ2v) is 8.29. The third-order valence-electron chi connectivity index (χ3n) is 4.27. The van der Waals surface area contributed by atoms with Gasteiger partial charge < -0.3 is 5.32 Å². The lowest BCUT2D eigenvalue weighted by Crippen LogP contribution is -2.31. The number of carbonyl (C=O) groups is 1. The molecule has 1 amide bonds. The third kappa shape index (κ3) is 4.18. The summed E-state index contributed by atoms with van der Waals surface area (Å²) in [7, 11) is 0. The molecule has 0 radical (unpaired) electrons. The van der Waals surface area contributed by atoms with Gasteiger partial charge in [-0.2, -0.15) is 5.10 Å². The summed E-state index contributed by atoms with van der Waals surface area (Å²) in [6.07, 6.45) is 0. The number of nitrogens with one attached hydrogen (secondary N) is 2. The van der Waals surface area contributed by atoms with Gasteiger partial charge in [-0.15, -0.1) is 11.3 Å². The Morgan fingerprint density at radius 1 is 1.03 bits per heavy atom. The summed E-state index contributed by atoms with van der Waals surface area (Å²) < 4.78 is 0.736.